The van der Waals surface area contributed by atoms with Gasteiger partial charge in [-0.25, -0.2) is 4.79 Å². The number of thioether (sulfide) groups is 1. The van der Waals surface area contributed by atoms with Crippen LogP contribution in [0.25, 0.3) is 0 Å². The van der Waals surface area contributed by atoms with Crippen molar-refractivity contribution < 1.29 is 29.0 Å². The number of amides is 4. The van der Waals surface area contributed by atoms with E-state index in [0.29, 0.717) is 23.7 Å². The number of carbonyl (C=O) groups excluding carboxylic acids is 3. The Bertz CT molecular complexity index is 1470. The largest absolute Gasteiger partial charge is 0.497 e. The van der Waals surface area contributed by atoms with Crippen LogP contribution in [0.1, 0.15) is 30.5 Å². The van der Waals surface area contributed by atoms with E-state index in [-0.39, 0.29) is 18.2 Å². The van der Waals surface area contributed by atoms with Crippen molar-refractivity contribution in [2.24, 2.45) is 0 Å². The molecular weight excluding hydrogens is 580 g/mol. The van der Waals surface area contributed by atoms with Gasteiger partial charge in [0, 0.05) is 17.4 Å². The summed E-state index contributed by atoms with van der Waals surface area (Å²) in [6.45, 7) is 6.11. The number of aliphatic hydroxyl groups is 1. The quantitative estimate of drug-likeness (QED) is 0.254. The summed E-state index contributed by atoms with van der Waals surface area (Å²) in [5.41, 5.74) is 3.20. The van der Waals surface area contributed by atoms with Gasteiger partial charge in [-0.3, -0.25) is 9.59 Å². The maximum Gasteiger partial charge on any atom is 0.319 e. The Labute approximate surface area is 262 Å². The molecule has 0 spiro atoms. The molecule has 0 unspecified atom stereocenters. The normalized spacial score (nSPS) is 16.9. The van der Waals surface area contributed by atoms with Gasteiger partial charge in [0.1, 0.15) is 17.5 Å². The van der Waals surface area contributed by atoms with E-state index in [2.05, 4.69) is 16.0 Å². The summed E-state index contributed by atoms with van der Waals surface area (Å²) in [5, 5.41) is 20.0. The molecule has 1 aliphatic heterocycles. The standard InChI is InChI=1S/C33H40N4O6S/c1-21-11-9-10-14-23(21)19-34-30(39)29-33(2,3)44-20-37(29)31(40)28(38)26(17-22-12-7-6-8-13-22)36-32(41)35-25-18-24(42-4)15-16-27(25)43-5/h6-16,18,26,28-29,38H,17,19-20H2,1-5H3,(H,34,39)(H2,35,36,41)/t26-,28-,29+/m0/s1. The molecule has 0 radical (unpaired) electrons. The van der Waals surface area contributed by atoms with Crippen LogP contribution in [0, 0.1) is 6.92 Å². The maximum absolute atomic E-state index is 13.9. The second-order valence-electron chi connectivity index (χ2n) is 11.1. The number of aryl methyl sites for hydroxylation is 1. The molecule has 0 saturated carbocycles. The van der Waals surface area contributed by atoms with Crippen LogP contribution >= 0.6 is 11.8 Å². The molecule has 1 aliphatic rings. The van der Waals surface area contributed by atoms with Crippen LogP contribution in [0.15, 0.2) is 72.8 Å². The van der Waals surface area contributed by atoms with E-state index in [1.54, 1.807) is 18.2 Å². The number of hydrogen-bond donors (Lipinski definition) is 4. The number of hydrogen-bond acceptors (Lipinski definition) is 7. The van der Waals surface area contributed by atoms with Gasteiger partial charge in [-0.1, -0.05) is 54.6 Å². The van der Waals surface area contributed by atoms with Crippen molar-refractivity contribution in [3.63, 3.8) is 0 Å². The highest BCUT2D eigenvalue weighted by molar-refractivity contribution is 8.00. The van der Waals surface area contributed by atoms with E-state index in [4.69, 9.17) is 9.47 Å². The van der Waals surface area contributed by atoms with Crippen LogP contribution in [0.3, 0.4) is 0 Å². The number of urea groups is 1. The smallest absolute Gasteiger partial charge is 0.319 e. The maximum atomic E-state index is 13.9. The number of carbonyl (C=O) groups is 3. The van der Waals surface area contributed by atoms with E-state index < -0.39 is 34.9 Å². The number of methoxy groups -OCH3 is 2. The van der Waals surface area contributed by atoms with Gasteiger partial charge in [-0.2, -0.15) is 0 Å². The number of rotatable bonds is 11. The van der Waals surface area contributed by atoms with E-state index in [9.17, 15) is 19.5 Å². The fraction of sp³-hybridized carbons (Fsp3) is 0.364. The van der Waals surface area contributed by atoms with Crippen molar-refractivity contribution in [1.29, 1.82) is 0 Å². The van der Waals surface area contributed by atoms with Crippen molar-refractivity contribution in [3.8, 4) is 11.5 Å². The third kappa shape index (κ3) is 7.83. The number of nitrogens with one attached hydrogen (secondary N) is 3. The molecule has 11 heteroatoms. The Hall–Kier alpha value is -4.22. The first-order chi connectivity index (χ1) is 21.0. The van der Waals surface area contributed by atoms with E-state index in [1.165, 1.54) is 30.9 Å². The van der Waals surface area contributed by atoms with E-state index in [0.717, 1.165) is 16.7 Å². The van der Waals surface area contributed by atoms with Crippen molar-refractivity contribution in [3.05, 3.63) is 89.5 Å². The van der Waals surface area contributed by atoms with Crippen LogP contribution in [0.2, 0.25) is 0 Å². The number of nitrogens with zero attached hydrogens (tertiary/aromatic N) is 1. The molecule has 4 N–H and O–H groups in total. The number of ether oxygens (including phenoxy) is 2. The Morgan fingerprint density at radius 3 is 2.41 bits per heavy atom. The zero-order chi connectivity index (χ0) is 31.9. The first-order valence-electron chi connectivity index (χ1n) is 14.3. The van der Waals surface area contributed by atoms with Crippen LogP contribution in [0.5, 0.6) is 11.5 Å². The summed E-state index contributed by atoms with van der Waals surface area (Å²) >= 11 is 1.46. The Kier molecular flexibility index (Phi) is 10.8. The van der Waals surface area contributed by atoms with Crippen molar-refractivity contribution in [2.45, 2.75) is 56.7 Å². The Morgan fingerprint density at radius 1 is 1.02 bits per heavy atom. The van der Waals surface area contributed by atoms with Gasteiger partial charge < -0.3 is 35.4 Å². The van der Waals surface area contributed by atoms with Gasteiger partial charge in [-0.05, 0) is 56.0 Å². The monoisotopic (exact) mass is 620 g/mol. The molecule has 3 atom stereocenters. The van der Waals surface area contributed by atoms with Gasteiger partial charge in [-0.15, -0.1) is 11.8 Å². The minimum Gasteiger partial charge on any atom is -0.497 e. The SMILES string of the molecule is COc1ccc(OC)c(NC(=O)N[C@@H](Cc2ccccc2)[C@H](O)C(=O)N2CSC(C)(C)[C@H]2C(=O)NCc2ccccc2C)c1. The molecule has 1 heterocycles. The van der Waals surface area contributed by atoms with E-state index >= 15 is 0 Å². The molecule has 1 saturated heterocycles. The zero-order valence-electron chi connectivity index (χ0n) is 25.6. The predicted octanol–water partition coefficient (Wildman–Crippen LogP) is 4.10. The predicted molar refractivity (Wildman–Crippen MR) is 172 cm³/mol. The van der Waals surface area contributed by atoms with Crippen LogP contribution in [-0.4, -0.2) is 70.9 Å². The molecule has 0 aromatic heterocycles. The highest BCUT2D eigenvalue weighted by Crippen LogP contribution is 2.40. The molecule has 3 aromatic rings. The summed E-state index contributed by atoms with van der Waals surface area (Å²) in [7, 11) is 2.99. The lowest BCUT2D eigenvalue weighted by Crippen LogP contribution is -2.59. The molecule has 3 aromatic carbocycles. The first-order valence-corrected chi connectivity index (χ1v) is 15.3. The average Bonchev–Trinajstić information content (AvgIpc) is 3.34. The lowest BCUT2D eigenvalue weighted by Gasteiger charge is -2.33. The summed E-state index contributed by atoms with van der Waals surface area (Å²) in [6.07, 6.45) is -1.46. The van der Waals surface area contributed by atoms with Crippen molar-refractivity contribution in [2.75, 3.05) is 25.4 Å². The topological polar surface area (TPSA) is 129 Å². The van der Waals surface area contributed by atoms with Crippen molar-refractivity contribution >= 4 is 35.3 Å². The summed E-state index contributed by atoms with van der Waals surface area (Å²) in [6, 6.07) is 19.5. The number of benzene rings is 3. The lowest BCUT2D eigenvalue weighted by molar-refractivity contribution is -0.147. The fourth-order valence-corrected chi connectivity index (χ4v) is 6.33. The van der Waals surface area contributed by atoms with E-state index in [1.807, 2.05) is 75.4 Å². The Morgan fingerprint density at radius 2 is 1.73 bits per heavy atom. The highest BCUT2D eigenvalue weighted by atomic mass is 32.2. The molecule has 234 valence electrons. The van der Waals surface area contributed by atoms with Crippen LogP contribution < -0.4 is 25.4 Å². The average molecular weight is 621 g/mol. The minimum atomic E-state index is -1.63. The van der Waals surface area contributed by atoms with Crippen LogP contribution in [0.4, 0.5) is 10.5 Å². The zero-order valence-corrected chi connectivity index (χ0v) is 26.4. The third-order valence-electron chi connectivity index (χ3n) is 7.70. The second-order valence-corrected chi connectivity index (χ2v) is 12.7. The molecule has 44 heavy (non-hydrogen) atoms. The van der Waals surface area contributed by atoms with Gasteiger partial charge in [0.25, 0.3) is 5.91 Å². The molecule has 10 nitrogen and oxygen atoms in total. The van der Waals surface area contributed by atoms with Gasteiger partial charge in [0.2, 0.25) is 5.91 Å². The lowest BCUT2D eigenvalue weighted by atomic mass is 9.97. The molecule has 0 bridgehead atoms. The van der Waals surface area contributed by atoms with Gasteiger partial charge >= 0.3 is 6.03 Å². The fourth-order valence-electron chi connectivity index (χ4n) is 5.19. The van der Waals surface area contributed by atoms with Gasteiger partial charge in [0.15, 0.2) is 6.10 Å². The molecule has 0 aliphatic carbocycles. The van der Waals surface area contributed by atoms with Crippen molar-refractivity contribution in [1.82, 2.24) is 15.5 Å². The summed E-state index contributed by atoms with van der Waals surface area (Å²) in [4.78, 5) is 42.1. The molecular formula is C33H40N4O6S. The first kappa shape index (κ1) is 32.7. The summed E-state index contributed by atoms with van der Waals surface area (Å²) < 4.78 is 10.0. The number of aliphatic hydroxyl groups excluding tert-OH is 1. The molecule has 1 fully saturated rings. The second kappa shape index (κ2) is 14.5. The summed E-state index contributed by atoms with van der Waals surface area (Å²) in [5.74, 6) is 0.195. The number of anilines is 1. The molecule has 4 amide bonds. The Balaban J connectivity index is 1.53. The third-order valence-corrected chi connectivity index (χ3v) is 9.07. The van der Waals surface area contributed by atoms with Gasteiger partial charge in [0.05, 0.1) is 31.8 Å². The highest BCUT2D eigenvalue weighted by Gasteiger charge is 2.49. The minimum absolute atomic E-state index is 0.172. The molecule has 4 rings (SSSR count). The van der Waals surface area contributed by atoms with Crippen LogP contribution in [-0.2, 0) is 22.6 Å².